The zero-order chi connectivity index (χ0) is 18.3. The third kappa shape index (κ3) is 6.65. The standard InChI is InChI=1S/C17H24O5S2/c1-17(2,3)13-6-11(7-23-10-15(20)22-4)5-12(16(13)21)8-24-9-14(18)19/h5-6,21H,7-10H2,1-4H3,(H,18,19). The second-order valence-electron chi connectivity index (χ2n) is 6.36. The molecule has 134 valence electrons. The molecule has 0 saturated carbocycles. The van der Waals surface area contributed by atoms with E-state index in [4.69, 9.17) is 5.11 Å². The van der Waals surface area contributed by atoms with Crippen molar-refractivity contribution in [3.63, 3.8) is 0 Å². The molecule has 1 aromatic rings. The number of thioether (sulfide) groups is 2. The number of carboxylic acid groups (broad SMARTS) is 1. The van der Waals surface area contributed by atoms with Crippen molar-refractivity contribution >= 4 is 35.5 Å². The maximum Gasteiger partial charge on any atom is 0.315 e. The lowest BCUT2D eigenvalue weighted by atomic mass is 9.84. The quantitative estimate of drug-likeness (QED) is 0.677. The molecule has 7 heteroatoms. The molecule has 0 radical (unpaired) electrons. The highest BCUT2D eigenvalue weighted by atomic mass is 32.2. The number of phenolic OH excluding ortho intramolecular Hbond substituents is 1. The molecular formula is C17H24O5S2. The first kappa shape index (κ1) is 20.7. The first-order chi connectivity index (χ1) is 11.1. The minimum Gasteiger partial charge on any atom is -0.507 e. The summed E-state index contributed by atoms with van der Waals surface area (Å²) < 4.78 is 4.63. The van der Waals surface area contributed by atoms with Gasteiger partial charge in [-0.1, -0.05) is 32.9 Å². The van der Waals surface area contributed by atoms with E-state index in [1.807, 2.05) is 32.9 Å². The zero-order valence-electron chi connectivity index (χ0n) is 14.4. The Balaban J connectivity index is 2.97. The van der Waals surface area contributed by atoms with Gasteiger partial charge >= 0.3 is 11.9 Å². The molecule has 0 bridgehead atoms. The van der Waals surface area contributed by atoms with Gasteiger partial charge in [-0.15, -0.1) is 23.5 Å². The molecule has 2 N–H and O–H groups in total. The fourth-order valence-electron chi connectivity index (χ4n) is 2.09. The second-order valence-corrected chi connectivity index (χ2v) is 8.33. The van der Waals surface area contributed by atoms with Crippen molar-refractivity contribution in [2.75, 3.05) is 18.6 Å². The highest BCUT2D eigenvalue weighted by Crippen LogP contribution is 2.36. The van der Waals surface area contributed by atoms with Crippen molar-refractivity contribution in [2.45, 2.75) is 37.7 Å². The third-order valence-corrected chi connectivity index (χ3v) is 5.20. The monoisotopic (exact) mass is 372 g/mol. The highest BCUT2D eigenvalue weighted by molar-refractivity contribution is 7.99. The van der Waals surface area contributed by atoms with Gasteiger partial charge in [-0.2, -0.15) is 0 Å². The van der Waals surface area contributed by atoms with Crippen molar-refractivity contribution in [3.8, 4) is 5.75 Å². The van der Waals surface area contributed by atoms with Crippen LogP contribution >= 0.6 is 23.5 Å². The molecule has 1 aromatic carbocycles. The summed E-state index contributed by atoms with van der Waals surface area (Å²) in [5.41, 5.74) is 2.31. The smallest absolute Gasteiger partial charge is 0.315 e. The Bertz CT molecular complexity index is 593. The normalized spacial score (nSPS) is 11.3. The van der Waals surface area contributed by atoms with Gasteiger partial charge in [0.1, 0.15) is 5.75 Å². The molecule has 0 unspecified atom stereocenters. The molecular weight excluding hydrogens is 348 g/mol. The van der Waals surface area contributed by atoms with Crippen molar-refractivity contribution in [2.24, 2.45) is 0 Å². The number of hydrogen-bond donors (Lipinski definition) is 2. The maximum absolute atomic E-state index is 11.2. The molecule has 5 nitrogen and oxygen atoms in total. The van der Waals surface area contributed by atoms with Crippen LogP contribution in [0.5, 0.6) is 5.75 Å². The Labute approximate surface area is 151 Å². The number of hydrogen-bond acceptors (Lipinski definition) is 6. The second kappa shape index (κ2) is 9.22. The van der Waals surface area contributed by atoms with Gasteiger partial charge in [-0.25, -0.2) is 0 Å². The van der Waals surface area contributed by atoms with E-state index in [9.17, 15) is 14.7 Å². The van der Waals surface area contributed by atoms with Crippen LogP contribution < -0.4 is 0 Å². The fraction of sp³-hybridized carbons (Fsp3) is 0.529. The van der Waals surface area contributed by atoms with Gasteiger partial charge in [0.05, 0.1) is 18.6 Å². The Kier molecular flexibility index (Phi) is 7.96. The van der Waals surface area contributed by atoms with E-state index in [-0.39, 0.29) is 28.6 Å². The van der Waals surface area contributed by atoms with Gasteiger partial charge in [-0.05, 0) is 16.5 Å². The van der Waals surface area contributed by atoms with Crippen LogP contribution in [0, 0.1) is 0 Å². The summed E-state index contributed by atoms with van der Waals surface area (Å²) in [4.78, 5) is 21.9. The van der Waals surface area contributed by atoms with E-state index < -0.39 is 5.97 Å². The zero-order valence-corrected chi connectivity index (χ0v) is 16.1. The van der Waals surface area contributed by atoms with Crippen LogP contribution in [0.3, 0.4) is 0 Å². The van der Waals surface area contributed by atoms with E-state index in [0.29, 0.717) is 11.5 Å². The summed E-state index contributed by atoms with van der Waals surface area (Å²) >= 11 is 2.69. The number of esters is 1. The number of carbonyl (C=O) groups excluding carboxylic acids is 1. The SMILES string of the molecule is COC(=O)CSCc1cc(CSCC(=O)O)c(O)c(C(C)(C)C)c1. The van der Waals surface area contributed by atoms with E-state index in [1.54, 1.807) is 0 Å². The number of rotatable bonds is 8. The van der Waals surface area contributed by atoms with E-state index in [2.05, 4.69) is 4.74 Å². The summed E-state index contributed by atoms with van der Waals surface area (Å²) in [6, 6.07) is 3.83. The third-order valence-electron chi connectivity index (χ3n) is 3.26. The van der Waals surface area contributed by atoms with E-state index in [0.717, 1.165) is 16.7 Å². The van der Waals surface area contributed by atoms with Gasteiger partial charge < -0.3 is 14.9 Å². The van der Waals surface area contributed by atoms with Crippen LogP contribution in [-0.4, -0.2) is 40.8 Å². The van der Waals surface area contributed by atoms with E-state index >= 15 is 0 Å². The minimum absolute atomic E-state index is 0.00832. The molecule has 1 rings (SSSR count). The Morgan fingerprint density at radius 3 is 2.29 bits per heavy atom. The predicted octanol–water partition coefficient (Wildman–Crippen LogP) is 3.41. The largest absolute Gasteiger partial charge is 0.507 e. The topological polar surface area (TPSA) is 83.8 Å². The first-order valence-corrected chi connectivity index (χ1v) is 9.75. The van der Waals surface area contributed by atoms with E-state index in [1.165, 1.54) is 30.6 Å². The van der Waals surface area contributed by atoms with Crippen molar-refractivity contribution in [1.82, 2.24) is 0 Å². The molecule has 0 aliphatic carbocycles. The summed E-state index contributed by atoms with van der Waals surface area (Å²) in [5.74, 6) is 0.386. The van der Waals surface area contributed by atoms with Crippen LogP contribution in [0.4, 0.5) is 0 Å². The van der Waals surface area contributed by atoms with Gasteiger partial charge in [0, 0.05) is 17.1 Å². The molecule has 0 fully saturated rings. The molecule has 0 aliphatic rings. The van der Waals surface area contributed by atoms with Crippen molar-refractivity contribution in [1.29, 1.82) is 0 Å². The number of aromatic hydroxyl groups is 1. The van der Waals surface area contributed by atoms with Crippen molar-refractivity contribution in [3.05, 3.63) is 28.8 Å². The Hall–Kier alpha value is -1.34. The lowest BCUT2D eigenvalue weighted by molar-refractivity contribution is -0.137. The Morgan fingerprint density at radius 1 is 1.12 bits per heavy atom. The summed E-state index contributed by atoms with van der Waals surface area (Å²) in [5, 5.41) is 19.3. The number of benzene rings is 1. The van der Waals surface area contributed by atoms with Crippen LogP contribution in [-0.2, 0) is 31.2 Å². The fourth-order valence-corrected chi connectivity index (χ4v) is 3.59. The molecule has 0 heterocycles. The van der Waals surface area contributed by atoms with Crippen LogP contribution in [0.15, 0.2) is 12.1 Å². The Morgan fingerprint density at radius 2 is 1.75 bits per heavy atom. The number of ether oxygens (including phenoxy) is 1. The molecule has 0 amide bonds. The molecule has 0 aromatic heterocycles. The predicted molar refractivity (Wildman–Crippen MR) is 98.8 cm³/mol. The van der Waals surface area contributed by atoms with Gasteiger partial charge in [0.25, 0.3) is 0 Å². The lowest BCUT2D eigenvalue weighted by Crippen LogP contribution is -2.13. The van der Waals surface area contributed by atoms with Gasteiger partial charge in [0.2, 0.25) is 0 Å². The maximum atomic E-state index is 11.2. The number of carboxylic acids is 1. The summed E-state index contributed by atoms with van der Waals surface area (Å²) in [6.07, 6.45) is 0. The van der Waals surface area contributed by atoms with Crippen LogP contribution in [0.25, 0.3) is 0 Å². The van der Waals surface area contributed by atoms with Gasteiger partial charge in [-0.3, -0.25) is 9.59 Å². The average Bonchev–Trinajstić information content (AvgIpc) is 2.48. The number of phenols is 1. The molecule has 0 atom stereocenters. The molecule has 0 aliphatic heterocycles. The lowest BCUT2D eigenvalue weighted by Gasteiger charge is -2.23. The molecule has 0 spiro atoms. The highest BCUT2D eigenvalue weighted by Gasteiger charge is 2.21. The number of methoxy groups -OCH3 is 1. The van der Waals surface area contributed by atoms with Crippen LogP contribution in [0.1, 0.15) is 37.5 Å². The molecule has 0 saturated heterocycles. The molecule has 24 heavy (non-hydrogen) atoms. The van der Waals surface area contributed by atoms with Crippen LogP contribution in [0.2, 0.25) is 0 Å². The minimum atomic E-state index is -0.875. The number of aliphatic carboxylic acids is 1. The average molecular weight is 373 g/mol. The number of carbonyl (C=O) groups is 2. The summed E-state index contributed by atoms with van der Waals surface area (Å²) in [7, 11) is 1.36. The first-order valence-electron chi connectivity index (χ1n) is 7.44. The van der Waals surface area contributed by atoms with Crippen molar-refractivity contribution < 1.29 is 24.5 Å². The van der Waals surface area contributed by atoms with Gasteiger partial charge in [0.15, 0.2) is 0 Å². The summed E-state index contributed by atoms with van der Waals surface area (Å²) in [6.45, 7) is 6.05.